The number of aliphatic hydroxyl groups is 1. The zero-order valence-electron chi connectivity index (χ0n) is 9.19. The van der Waals surface area contributed by atoms with Crippen LogP contribution in [-0.4, -0.2) is 36.0 Å². The number of imide groups is 1. The molecule has 0 bridgehead atoms. The third-order valence-electron chi connectivity index (χ3n) is 1.38. The van der Waals surface area contributed by atoms with Crippen molar-refractivity contribution < 1.29 is 29.0 Å². The standard InChI is InChI=1S/C9H15NO6/c1-3-15-9(14)10-7(12)4-5-8(13)16-6(2)11/h6,11H,3-5H2,1-2H3,(H,10,12,14). The molecule has 2 amide bonds. The highest BCUT2D eigenvalue weighted by molar-refractivity contribution is 5.93. The molecule has 0 heterocycles. The number of aliphatic hydroxyl groups excluding tert-OH is 1. The Labute approximate surface area is 92.7 Å². The molecule has 0 rings (SSSR count). The van der Waals surface area contributed by atoms with Gasteiger partial charge in [-0.3, -0.25) is 14.9 Å². The summed E-state index contributed by atoms with van der Waals surface area (Å²) in [5, 5.41) is 10.6. The summed E-state index contributed by atoms with van der Waals surface area (Å²) in [6.45, 7) is 3.03. The minimum absolute atomic E-state index is 0.156. The van der Waals surface area contributed by atoms with Crippen molar-refractivity contribution in [2.45, 2.75) is 33.0 Å². The molecule has 7 heteroatoms. The van der Waals surface area contributed by atoms with Gasteiger partial charge < -0.3 is 14.6 Å². The second kappa shape index (κ2) is 7.63. The quantitative estimate of drug-likeness (QED) is 0.508. The smallest absolute Gasteiger partial charge is 0.413 e. The molecule has 0 radical (unpaired) electrons. The number of carbonyl (C=O) groups excluding carboxylic acids is 3. The van der Waals surface area contributed by atoms with Crippen LogP contribution in [0.15, 0.2) is 0 Å². The lowest BCUT2D eigenvalue weighted by molar-refractivity contribution is -0.165. The Morgan fingerprint density at radius 1 is 1.31 bits per heavy atom. The molecule has 0 aliphatic carbocycles. The number of alkyl carbamates (subject to hydrolysis) is 1. The summed E-state index contributed by atoms with van der Waals surface area (Å²) in [5.74, 6) is -1.35. The lowest BCUT2D eigenvalue weighted by atomic mass is 10.3. The van der Waals surface area contributed by atoms with Crippen molar-refractivity contribution in [1.82, 2.24) is 5.32 Å². The number of carbonyl (C=O) groups is 3. The van der Waals surface area contributed by atoms with Crippen LogP contribution in [-0.2, 0) is 19.1 Å². The number of hydrogen-bond acceptors (Lipinski definition) is 6. The van der Waals surface area contributed by atoms with Gasteiger partial charge in [0.25, 0.3) is 0 Å². The number of ether oxygens (including phenoxy) is 2. The number of rotatable bonds is 5. The molecule has 92 valence electrons. The van der Waals surface area contributed by atoms with Crippen LogP contribution in [0.5, 0.6) is 0 Å². The molecule has 0 aromatic rings. The molecular weight excluding hydrogens is 218 g/mol. The normalized spacial score (nSPS) is 11.4. The van der Waals surface area contributed by atoms with Crippen LogP contribution >= 0.6 is 0 Å². The summed E-state index contributed by atoms with van der Waals surface area (Å²) in [6.07, 6.45) is -2.47. The molecule has 0 fully saturated rings. The lowest BCUT2D eigenvalue weighted by Gasteiger charge is -2.06. The minimum Gasteiger partial charge on any atom is -0.450 e. The second-order valence-electron chi connectivity index (χ2n) is 2.86. The highest BCUT2D eigenvalue weighted by atomic mass is 16.6. The fourth-order valence-corrected chi connectivity index (χ4v) is 0.808. The van der Waals surface area contributed by atoms with Crippen LogP contribution in [0.3, 0.4) is 0 Å². The van der Waals surface area contributed by atoms with Gasteiger partial charge in [0, 0.05) is 6.42 Å². The summed E-state index contributed by atoms with van der Waals surface area (Å²) in [4.78, 5) is 32.7. The highest BCUT2D eigenvalue weighted by Crippen LogP contribution is 1.96. The van der Waals surface area contributed by atoms with E-state index in [1.165, 1.54) is 6.92 Å². The van der Waals surface area contributed by atoms with E-state index in [-0.39, 0.29) is 19.4 Å². The summed E-state index contributed by atoms with van der Waals surface area (Å²) < 4.78 is 8.83. The van der Waals surface area contributed by atoms with E-state index in [0.717, 1.165) is 0 Å². The summed E-state index contributed by atoms with van der Waals surface area (Å²) in [5.41, 5.74) is 0. The first-order valence-electron chi connectivity index (χ1n) is 4.79. The average Bonchev–Trinajstić information content (AvgIpc) is 2.14. The molecule has 0 saturated heterocycles. The van der Waals surface area contributed by atoms with Gasteiger partial charge in [-0.25, -0.2) is 4.79 Å². The first-order chi connectivity index (χ1) is 7.45. The van der Waals surface area contributed by atoms with Crippen LogP contribution in [0.1, 0.15) is 26.7 Å². The van der Waals surface area contributed by atoms with Crippen molar-refractivity contribution in [3.63, 3.8) is 0 Å². The van der Waals surface area contributed by atoms with E-state index in [2.05, 4.69) is 9.47 Å². The molecule has 16 heavy (non-hydrogen) atoms. The predicted octanol–water partition coefficient (Wildman–Crippen LogP) is -0.0792. The van der Waals surface area contributed by atoms with E-state index in [1.807, 2.05) is 5.32 Å². The van der Waals surface area contributed by atoms with Gasteiger partial charge in [0.2, 0.25) is 5.91 Å². The number of esters is 1. The van der Waals surface area contributed by atoms with Crippen molar-refractivity contribution in [1.29, 1.82) is 0 Å². The fourth-order valence-electron chi connectivity index (χ4n) is 0.808. The highest BCUT2D eigenvalue weighted by Gasteiger charge is 2.12. The van der Waals surface area contributed by atoms with Crippen LogP contribution in [0.4, 0.5) is 4.79 Å². The minimum atomic E-state index is -1.21. The molecule has 0 spiro atoms. The maximum atomic E-state index is 11.0. The third kappa shape index (κ3) is 7.74. The first-order valence-corrected chi connectivity index (χ1v) is 4.79. The van der Waals surface area contributed by atoms with Gasteiger partial charge in [0.1, 0.15) is 0 Å². The van der Waals surface area contributed by atoms with Crippen molar-refractivity contribution in [2.75, 3.05) is 6.61 Å². The van der Waals surface area contributed by atoms with Crippen LogP contribution in [0, 0.1) is 0 Å². The Morgan fingerprint density at radius 2 is 1.94 bits per heavy atom. The molecule has 0 aliphatic rings. The van der Waals surface area contributed by atoms with E-state index in [0.29, 0.717) is 0 Å². The molecule has 0 aliphatic heterocycles. The van der Waals surface area contributed by atoms with Gasteiger partial charge in [0.05, 0.1) is 13.0 Å². The molecule has 0 aromatic heterocycles. The van der Waals surface area contributed by atoms with Crippen LogP contribution in [0.25, 0.3) is 0 Å². The van der Waals surface area contributed by atoms with E-state index < -0.39 is 24.3 Å². The monoisotopic (exact) mass is 233 g/mol. The van der Waals surface area contributed by atoms with Gasteiger partial charge in [0.15, 0.2) is 6.29 Å². The molecule has 7 nitrogen and oxygen atoms in total. The molecule has 1 atom stereocenters. The first kappa shape index (κ1) is 14.4. The maximum absolute atomic E-state index is 11.0. The molecular formula is C9H15NO6. The fraction of sp³-hybridized carbons (Fsp3) is 0.667. The summed E-state index contributed by atoms with van der Waals surface area (Å²) >= 11 is 0. The number of hydrogen-bond donors (Lipinski definition) is 2. The van der Waals surface area contributed by atoms with Crippen molar-refractivity contribution in [3.8, 4) is 0 Å². The third-order valence-corrected chi connectivity index (χ3v) is 1.38. The van der Waals surface area contributed by atoms with Crippen molar-refractivity contribution >= 4 is 18.0 Å². The maximum Gasteiger partial charge on any atom is 0.413 e. The van der Waals surface area contributed by atoms with Crippen molar-refractivity contribution in [3.05, 3.63) is 0 Å². The SMILES string of the molecule is CCOC(=O)NC(=O)CCC(=O)OC(C)O. The topological polar surface area (TPSA) is 102 Å². The van der Waals surface area contributed by atoms with E-state index in [4.69, 9.17) is 5.11 Å². The Hall–Kier alpha value is -1.63. The van der Waals surface area contributed by atoms with Gasteiger partial charge >= 0.3 is 12.1 Å². The predicted molar refractivity (Wildman–Crippen MR) is 52.2 cm³/mol. The average molecular weight is 233 g/mol. The van der Waals surface area contributed by atoms with Gasteiger partial charge in [-0.2, -0.15) is 0 Å². The number of nitrogens with one attached hydrogen (secondary N) is 1. The second-order valence-corrected chi connectivity index (χ2v) is 2.86. The van der Waals surface area contributed by atoms with Gasteiger partial charge in [-0.1, -0.05) is 0 Å². The Balaban J connectivity index is 3.73. The van der Waals surface area contributed by atoms with Gasteiger partial charge in [-0.15, -0.1) is 0 Å². The molecule has 0 aromatic carbocycles. The number of amides is 2. The summed E-state index contributed by atoms with van der Waals surface area (Å²) in [6, 6.07) is 0. The Morgan fingerprint density at radius 3 is 2.44 bits per heavy atom. The van der Waals surface area contributed by atoms with Crippen LogP contribution in [0.2, 0.25) is 0 Å². The summed E-state index contributed by atoms with van der Waals surface area (Å²) in [7, 11) is 0. The molecule has 0 saturated carbocycles. The molecule has 1 unspecified atom stereocenters. The van der Waals surface area contributed by atoms with Crippen LogP contribution < -0.4 is 5.32 Å². The zero-order valence-corrected chi connectivity index (χ0v) is 9.19. The van der Waals surface area contributed by atoms with E-state index in [1.54, 1.807) is 6.92 Å². The largest absolute Gasteiger partial charge is 0.450 e. The lowest BCUT2D eigenvalue weighted by Crippen LogP contribution is -2.31. The zero-order chi connectivity index (χ0) is 12.6. The molecule has 2 N–H and O–H groups in total. The van der Waals surface area contributed by atoms with Crippen molar-refractivity contribution in [2.24, 2.45) is 0 Å². The van der Waals surface area contributed by atoms with Gasteiger partial charge in [-0.05, 0) is 13.8 Å². The van der Waals surface area contributed by atoms with E-state index in [9.17, 15) is 14.4 Å². The Bertz CT molecular complexity index is 263. The van der Waals surface area contributed by atoms with E-state index >= 15 is 0 Å². The Kier molecular flexibility index (Phi) is 6.86.